The van der Waals surface area contributed by atoms with Gasteiger partial charge in [0.15, 0.2) is 12.3 Å². The molecule has 0 radical (unpaired) electrons. The van der Waals surface area contributed by atoms with Gasteiger partial charge in [0.05, 0.1) is 18.7 Å². The minimum Gasteiger partial charge on any atom is -0.467 e. The lowest BCUT2D eigenvalue weighted by Crippen LogP contribution is -2.52. The van der Waals surface area contributed by atoms with Crippen LogP contribution in [0, 0.1) is 0 Å². The summed E-state index contributed by atoms with van der Waals surface area (Å²) in [5.41, 5.74) is 0.489. The van der Waals surface area contributed by atoms with Gasteiger partial charge in [-0.3, -0.25) is 19.2 Å². The second-order valence-electron chi connectivity index (χ2n) is 11.8. The summed E-state index contributed by atoms with van der Waals surface area (Å²) in [5, 5.41) is 9.88. The summed E-state index contributed by atoms with van der Waals surface area (Å²) in [6, 6.07) is 9.77. The number of hydrogen-bond acceptors (Lipinski definition) is 8. The highest BCUT2D eigenvalue weighted by atomic mass is 19.4. The third-order valence-electron chi connectivity index (χ3n) is 8.48. The van der Waals surface area contributed by atoms with Crippen LogP contribution in [0.25, 0.3) is 5.69 Å². The third kappa shape index (κ3) is 8.95. The summed E-state index contributed by atoms with van der Waals surface area (Å²) in [6.07, 6.45) is -2.33. The molecule has 17 heteroatoms. The van der Waals surface area contributed by atoms with Crippen molar-refractivity contribution in [1.29, 1.82) is 0 Å². The molecule has 260 valence electrons. The Labute approximate surface area is 274 Å². The van der Waals surface area contributed by atoms with E-state index >= 15 is 0 Å². The van der Waals surface area contributed by atoms with E-state index in [9.17, 15) is 37.1 Å². The normalized spacial score (nSPS) is 18.2. The van der Waals surface area contributed by atoms with Gasteiger partial charge in [-0.05, 0) is 44.2 Å². The average Bonchev–Trinajstić information content (AvgIpc) is 3.72. The second-order valence-corrected chi connectivity index (χ2v) is 11.8. The van der Waals surface area contributed by atoms with Crippen molar-refractivity contribution in [3.05, 3.63) is 42.1 Å². The summed E-state index contributed by atoms with van der Waals surface area (Å²) >= 11 is 0. The summed E-state index contributed by atoms with van der Waals surface area (Å²) < 4.78 is 48.8. The first-order valence-electron chi connectivity index (χ1n) is 15.9. The number of nitrogens with one attached hydrogen (secondary N) is 2. The van der Waals surface area contributed by atoms with E-state index in [0.717, 1.165) is 19.3 Å². The third-order valence-corrected chi connectivity index (χ3v) is 8.48. The summed E-state index contributed by atoms with van der Waals surface area (Å²) in [5.74, 6) is -1.52. The van der Waals surface area contributed by atoms with Crippen LogP contribution in [0.4, 0.5) is 18.0 Å². The van der Waals surface area contributed by atoms with Gasteiger partial charge < -0.3 is 34.8 Å². The maximum Gasteiger partial charge on any atom is 0.409 e. The smallest absolute Gasteiger partial charge is 0.409 e. The number of amides is 5. The Morgan fingerprint density at radius 1 is 0.896 bits per heavy atom. The number of ether oxygens (including phenoxy) is 2. The number of benzene rings is 1. The first kappa shape index (κ1) is 34.5. The number of carbonyl (C=O) groups is 5. The maximum atomic E-state index is 13.2. The number of para-hydroxylation sites is 1. The van der Waals surface area contributed by atoms with E-state index in [1.54, 1.807) is 30.3 Å². The van der Waals surface area contributed by atoms with Crippen LogP contribution in [-0.2, 0) is 19.1 Å². The molecule has 0 bridgehead atoms. The van der Waals surface area contributed by atoms with Crippen molar-refractivity contribution >= 4 is 29.7 Å². The van der Waals surface area contributed by atoms with Gasteiger partial charge in [-0.2, -0.15) is 18.3 Å². The van der Waals surface area contributed by atoms with Crippen LogP contribution in [0.1, 0.15) is 49.0 Å². The molecule has 3 aliphatic rings. The number of halogens is 3. The van der Waals surface area contributed by atoms with Crippen molar-refractivity contribution in [2.75, 3.05) is 52.5 Å². The number of hydrogen-bond donors (Lipinski definition) is 2. The molecule has 2 saturated heterocycles. The van der Waals surface area contributed by atoms with Crippen molar-refractivity contribution in [1.82, 2.24) is 35.1 Å². The fourth-order valence-corrected chi connectivity index (χ4v) is 5.58. The zero-order chi connectivity index (χ0) is 34.3. The van der Waals surface area contributed by atoms with E-state index in [1.165, 1.54) is 25.4 Å². The zero-order valence-electron chi connectivity index (χ0n) is 26.2. The predicted octanol–water partition coefficient (Wildman–Crippen LogP) is 1.87. The van der Waals surface area contributed by atoms with Crippen LogP contribution >= 0.6 is 0 Å². The molecule has 1 aromatic carbocycles. The molecule has 1 aromatic heterocycles. The van der Waals surface area contributed by atoms with Gasteiger partial charge in [-0.25, -0.2) is 9.48 Å². The Kier molecular flexibility index (Phi) is 11.1. The Morgan fingerprint density at radius 3 is 2.27 bits per heavy atom. The van der Waals surface area contributed by atoms with Crippen molar-refractivity contribution in [3.63, 3.8) is 0 Å². The molecule has 1 atom stereocenters. The van der Waals surface area contributed by atoms with E-state index in [2.05, 4.69) is 20.5 Å². The average molecular weight is 678 g/mol. The van der Waals surface area contributed by atoms with Crippen LogP contribution in [0.5, 0.6) is 5.88 Å². The molecule has 5 rings (SSSR count). The fraction of sp³-hybridized carbons (Fsp3) is 0.548. The van der Waals surface area contributed by atoms with Gasteiger partial charge in [0.2, 0.25) is 17.7 Å². The Hall–Kier alpha value is -4.83. The van der Waals surface area contributed by atoms with Crippen LogP contribution in [0.15, 0.2) is 36.4 Å². The van der Waals surface area contributed by atoms with Gasteiger partial charge in [0.1, 0.15) is 12.6 Å². The van der Waals surface area contributed by atoms with E-state index in [-0.39, 0.29) is 68.8 Å². The Morgan fingerprint density at radius 2 is 1.60 bits per heavy atom. The van der Waals surface area contributed by atoms with E-state index < -0.39 is 43.2 Å². The molecule has 14 nitrogen and oxygen atoms in total. The minimum atomic E-state index is -4.44. The maximum absolute atomic E-state index is 13.2. The van der Waals surface area contributed by atoms with Crippen molar-refractivity contribution < 1.29 is 46.6 Å². The highest BCUT2D eigenvalue weighted by Gasteiger charge is 2.36. The lowest BCUT2D eigenvalue weighted by molar-refractivity contribution is -0.142. The molecule has 2 aliphatic heterocycles. The molecule has 1 unspecified atom stereocenters. The molecule has 5 amide bonds. The van der Waals surface area contributed by atoms with Crippen LogP contribution in [-0.4, -0.2) is 125 Å². The van der Waals surface area contributed by atoms with Crippen molar-refractivity contribution in [2.45, 2.75) is 56.8 Å². The lowest BCUT2D eigenvalue weighted by atomic mass is 9.93. The second kappa shape index (κ2) is 15.4. The lowest BCUT2D eigenvalue weighted by Gasteiger charge is -2.34. The molecular formula is C31H38F3N7O7. The van der Waals surface area contributed by atoms with Gasteiger partial charge in [-0.1, -0.05) is 18.2 Å². The number of piperazine rings is 1. The largest absolute Gasteiger partial charge is 0.467 e. The minimum absolute atomic E-state index is 0.0643. The molecule has 1 aliphatic carbocycles. The molecule has 0 spiro atoms. The molecule has 3 fully saturated rings. The predicted molar refractivity (Wildman–Crippen MR) is 162 cm³/mol. The highest BCUT2D eigenvalue weighted by Crippen LogP contribution is 2.24. The van der Waals surface area contributed by atoms with Crippen LogP contribution < -0.4 is 15.4 Å². The van der Waals surface area contributed by atoms with E-state index in [4.69, 9.17) is 4.74 Å². The topological polar surface area (TPSA) is 155 Å². The van der Waals surface area contributed by atoms with Gasteiger partial charge in [-0.15, -0.1) is 0 Å². The molecule has 48 heavy (non-hydrogen) atoms. The number of aromatic nitrogens is 2. The number of carbonyl (C=O) groups excluding carboxylic acids is 5. The molecule has 1 saturated carbocycles. The summed E-state index contributed by atoms with van der Waals surface area (Å²) in [7, 11) is 0. The number of likely N-dealkylation sites (tertiary alicyclic amines) is 1. The number of nitrogens with zero attached hydrogens (tertiary/aromatic N) is 5. The summed E-state index contributed by atoms with van der Waals surface area (Å²) in [6.45, 7) is -0.756. The molecule has 3 heterocycles. The van der Waals surface area contributed by atoms with E-state index in [0.29, 0.717) is 25.1 Å². The van der Waals surface area contributed by atoms with Gasteiger partial charge in [0, 0.05) is 44.8 Å². The SMILES string of the molecule is O=C(NCC(=O)N1CCN(C(=O)OCCC(F)(F)F)CC1)c1cc(OCC(=O)N2CCCC2C(=O)NC2CCC2)n(-c2ccccc2)n1. The highest BCUT2D eigenvalue weighted by molar-refractivity contribution is 5.95. The molecular weight excluding hydrogens is 639 g/mol. The zero-order valence-corrected chi connectivity index (χ0v) is 26.2. The first-order valence-corrected chi connectivity index (χ1v) is 15.9. The van der Waals surface area contributed by atoms with Crippen LogP contribution in [0.2, 0.25) is 0 Å². The first-order chi connectivity index (χ1) is 23.0. The van der Waals surface area contributed by atoms with Gasteiger partial charge in [0.25, 0.3) is 11.8 Å². The molecule has 2 N–H and O–H groups in total. The van der Waals surface area contributed by atoms with Crippen molar-refractivity contribution in [2.24, 2.45) is 0 Å². The Balaban J connectivity index is 1.14. The van der Waals surface area contributed by atoms with Crippen molar-refractivity contribution in [3.8, 4) is 11.6 Å². The fourth-order valence-electron chi connectivity index (χ4n) is 5.58. The summed E-state index contributed by atoms with van der Waals surface area (Å²) in [4.78, 5) is 67.9. The Bertz CT molecular complexity index is 1470. The van der Waals surface area contributed by atoms with E-state index in [1.807, 2.05) is 0 Å². The number of rotatable bonds is 11. The van der Waals surface area contributed by atoms with Crippen LogP contribution in [0.3, 0.4) is 0 Å². The monoisotopic (exact) mass is 677 g/mol. The number of alkyl halides is 3. The molecule has 2 aromatic rings. The van der Waals surface area contributed by atoms with Gasteiger partial charge >= 0.3 is 12.3 Å². The standard InChI is InChI=1S/C31H38F3N7O7/c32-31(33,34)11-17-47-30(46)39-15-13-38(14-16-39)25(42)19-35-28(44)23-18-27(41(37-23)22-8-2-1-3-9-22)48-20-26(43)40-12-5-10-24(40)29(45)36-21-6-4-7-21/h1-3,8-9,18,21,24H,4-7,10-17,19-20H2,(H,35,44)(H,36,45). The quantitative estimate of drug-likeness (QED) is 0.366.